The number of hydrogen-bond acceptors (Lipinski definition) is 5. The predicted molar refractivity (Wildman–Crippen MR) is 104 cm³/mol. The van der Waals surface area contributed by atoms with Crippen molar-refractivity contribution in [1.29, 1.82) is 0 Å². The fourth-order valence-corrected chi connectivity index (χ4v) is 2.74. The zero-order chi connectivity index (χ0) is 18.4. The fourth-order valence-electron chi connectivity index (χ4n) is 2.16. The van der Waals surface area contributed by atoms with Crippen molar-refractivity contribution < 1.29 is 13.2 Å². The number of pyridine rings is 1. The number of para-hydroxylation sites is 1. The van der Waals surface area contributed by atoms with Crippen molar-refractivity contribution in [2.24, 2.45) is 0 Å². The fraction of sp³-hybridized carbons (Fsp3) is 0.105. The van der Waals surface area contributed by atoms with Crippen LogP contribution in [0.15, 0.2) is 72.9 Å². The maximum Gasteiger partial charge on any atom is 0.233 e. The summed E-state index contributed by atoms with van der Waals surface area (Å²) >= 11 is 0. The van der Waals surface area contributed by atoms with Crippen molar-refractivity contribution in [2.75, 3.05) is 15.8 Å². The molecule has 0 radical (unpaired) electrons. The van der Waals surface area contributed by atoms with Crippen LogP contribution in [-0.4, -0.2) is 19.2 Å². The summed E-state index contributed by atoms with van der Waals surface area (Å²) in [6.45, 7) is 1.57. The summed E-state index contributed by atoms with van der Waals surface area (Å²) in [5.74, 6) is 1.82. The van der Waals surface area contributed by atoms with Crippen LogP contribution in [0.3, 0.4) is 0 Å². The number of aromatic nitrogens is 1. The van der Waals surface area contributed by atoms with Crippen LogP contribution in [0.2, 0.25) is 0 Å². The molecule has 0 saturated carbocycles. The molecule has 26 heavy (non-hydrogen) atoms. The molecule has 7 heteroatoms. The zero-order valence-corrected chi connectivity index (χ0v) is 15.0. The van der Waals surface area contributed by atoms with Crippen LogP contribution in [0.5, 0.6) is 11.5 Å². The number of ether oxygens (including phenoxy) is 1. The Balaban J connectivity index is 1.62. The Morgan fingerprint density at radius 3 is 2.15 bits per heavy atom. The summed E-state index contributed by atoms with van der Waals surface area (Å²) < 4.78 is 31.2. The lowest BCUT2D eigenvalue weighted by molar-refractivity contribution is 0.483. The zero-order valence-electron chi connectivity index (χ0n) is 14.2. The standard InChI is InChI=1S/C19H19N3O3S/c1-2-26(23,24)22-19-13-10-16(14-20-19)21-15-8-11-18(12-9-15)25-17-6-4-3-5-7-17/h3-14,21H,2H2,1H3,(H,20,22). The molecule has 0 amide bonds. The molecule has 6 nitrogen and oxygen atoms in total. The lowest BCUT2D eigenvalue weighted by Gasteiger charge is -2.10. The van der Waals surface area contributed by atoms with Gasteiger partial charge in [0.1, 0.15) is 17.3 Å². The molecule has 2 aromatic carbocycles. The molecule has 0 spiro atoms. The first-order valence-corrected chi connectivity index (χ1v) is 9.76. The van der Waals surface area contributed by atoms with Gasteiger partial charge in [-0.15, -0.1) is 0 Å². The van der Waals surface area contributed by atoms with Crippen molar-refractivity contribution in [1.82, 2.24) is 4.98 Å². The molecule has 0 saturated heterocycles. The second-order valence-corrected chi connectivity index (χ2v) is 7.51. The van der Waals surface area contributed by atoms with Crippen LogP contribution in [0.4, 0.5) is 17.2 Å². The molecule has 3 aromatic rings. The third-order valence-electron chi connectivity index (χ3n) is 3.53. The van der Waals surface area contributed by atoms with Gasteiger partial charge in [0.15, 0.2) is 0 Å². The molecule has 1 aromatic heterocycles. The van der Waals surface area contributed by atoms with Crippen molar-refractivity contribution in [3.8, 4) is 11.5 Å². The highest BCUT2D eigenvalue weighted by atomic mass is 32.2. The van der Waals surface area contributed by atoms with Gasteiger partial charge in [0, 0.05) is 5.69 Å². The Labute approximate surface area is 152 Å². The number of benzene rings is 2. The molecule has 0 aliphatic carbocycles. The van der Waals surface area contributed by atoms with E-state index in [1.165, 1.54) is 0 Å². The Hall–Kier alpha value is -3.06. The van der Waals surface area contributed by atoms with Gasteiger partial charge in [-0.2, -0.15) is 0 Å². The van der Waals surface area contributed by atoms with Gasteiger partial charge in [-0.3, -0.25) is 4.72 Å². The van der Waals surface area contributed by atoms with Gasteiger partial charge in [0.05, 0.1) is 17.6 Å². The third kappa shape index (κ3) is 4.97. The van der Waals surface area contributed by atoms with Crippen molar-refractivity contribution in [3.63, 3.8) is 0 Å². The number of anilines is 3. The monoisotopic (exact) mass is 369 g/mol. The van der Waals surface area contributed by atoms with Crippen LogP contribution in [0, 0.1) is 0 Å². The van der Waals surface area contributed by atoms with Gasteiger partial charge in [-0.1, -0.05) is 18.2 Å². The summed E-state index contributed by atoms with van der Waals surface area (Å²) in [7, 11) is -3.32. The molecule has 3 rings (SSSR count). The molecule has 0 unspecified atom stereocenters. The highest BCUT2D eigenvalue weighted by Gasteiger charge is 2.07. The summed E-state index contributed by atoms with van der Waals surface area (Å²) in [6, 6.07) is 20.5. The first-order chi connectivity index (χ1) is 12.5. The van der Waals surface area contributed by atoms with Gasteiger partial charge in [0.25, 0.3) is 0 Å². The number of rotatable bonds is 7. The summed E-state index contributed by atoms with van der Waals surface area (Å²) in [6.07, 6.45) is 1.57. The van der Waals surface area contributed by atoms with E-state index in [-0.39, 0.29) is 5.75 Å². The van der Waals surface area contributed by atoms with Crippen molar-refractivity contribution >= 4 is 27.2 Å². The van der Waals surface area contributed by atoms with Crippen molar-refractivity contribution in [2.45, 2.75) is 6.92 Å². The van der Waals surface area contributed by atoms with Crippen LogP contribution in [-0.2, 0) is 10.0 Å². The van der Waals surface area contributed by atoms with E-state index in [1.54, 1.807) is 25.3 Å². The highest BCUT2D eigenvalue weighted by molar-refractivity contribution is 7.92. The topological polar surface area (TPSA) is 80.3 Å². The van der Waals surface area contributed by atoms with E-state index in [0.29, 0.717) is 5.82 Å². The minimum Gasteiger partial charge on any atom is -0.457 e. The largest absolute Gasteiger partial charge is 0.457 e. The van der Waals surface area contributed by atoms with Crippen molar-refractivity contribution in [3.05, 3.63) is 72.9 Å². The van der Waals surface area contributed by atoms with Crippen LogP contribution in [0.1, 0.15) is 6.92 Å². The smallest absolute Gasteiger partial charge is 0.233 e. The average Bonchev–Trinajstić information content (AvgIpc) is 2.66. The lowest BCUT2D eigenvalue weighted by Crippen LogP contribution is -2.15. The molecular weight excluding hydrogens is 350 g/mol. The molecule has 0 bridgehead atoms. The predicted octanol–water partition coefficient (Wildman–Crippen LogP) is 4.38. The van der Waals surface area contributed by atoms with Crippen LogP contribution >= 0.6 is 0 Å². The number of nitrogens with zero attached hydrogens (tertiary/aromatic N) is 1. The average molecular weight is 369 g/mol. The minimum absolute atomic E-state index is 0.00603. The number of sulfonamides is 1. The van der Waals surface area contributed by atoms with Gasteiger partial charge >= 0.3 is 0 Å². The highest BCUT2D eigenvalue weighted by Crippen LogP contribution is 2.24. The van der Waals surface area contributed by atoms with Crippen LogP contribution < -0.4 is 14.8 Å². The number of hydrogen-bond donors (Lipinski definition) is 2. The van der Waals surface area contributed by atoms with Crippen LogP contribution in [0.25, 0.3) is 0 Å². The quantitative estimate of drug-likeness (QED) is 0.646. The Bertz CT molecular complexity index is 942. The van der Waals surface area contributed by atoms with Gasteiger partial charge in [-0.25, -0.2) is 13.4 Å². The van der Waals surface area contributed by atoms with Gasteiger partial charge < -0.3 is 10.1 Å². The summed E-state index contributed by atoms with van der Waals surface area (Å²) in [5, 5.41) is 3.20. The first kappa shape index (κ1) is 17.8. The van der Waals surface area contributed by atoms with Gasteiger partial charge in [-0.05, 0) is 55.5 Å². The molecule has 1 heterocycles. The maximum atomic E-state index is 11.5. The van der Waals surface area contributed by atoms with E-state index < -0.39 is 10.0 Å². The SMILES string of the molecule is CCS(=O)(=O)Nc1ccc(Nc2ccc(Oc3ccccc3)cc2)cn1. The second-order valence-electron chi connectivity index (χ2n) is 5.50. The normalized spacial score (nSPS) is 11.0. The molecule has 0 atom stereocenters. The molecule has 134 valence electrons. The lowest BCUT2D eigenvalue weighted by atomic mass is 10.3. The van der Waals surface area contributed by atoms with E-state index in [0.717, 1.165) is 22.9 Å². The number of nitrogens with one attached hydrogen (secondary N) is 2. The van der Waals surface area contributed by atoms with E-state index >= 15 is 0 Å². The Morgan fingerprint density at radius 2 is 1.54 bits per heavy atom. The first-order valence-electron chi connectivity index (χ1n) is 8.10. The maximum absolute atomic E-state index is 11.5. The summed E-state index contributed by atoms with van der Waals surface area (Å²) in [5.41, 5.74) is 1.62. The molecule has 0 fully saturated rings. The molecular formula is C19H19N3O3S. The Morgan fingerprint density at radius 1 is 0.885 bits per heavy atom. The van der Waals surface area contributed by atoms with E-state index in [1.807, 2.05) is 54.6 Å². The molecule has 2 N–H and O–H groups in total. The third-order valence-corrected chi connectivity index (χ3v) is 4.81. The van der Waals surface area contributed by atoms with E-state index in [2.05, 4.69) is 15.0 Å². The van der Waals surface area contributed by atoms with E-state index in [9.17, 15) is 8.42 Å². The second kappa shape index (κ2) is 7.88. The summed E-state index contributed by atoms with van der Waals surface area (Å²) in [4.78, 5) is 4.10. The molecule has 0 aliphatic heterocycles. The van der Waals surface area contributed by atoms with Gasteiger partial charge in [0.2, 0.25) is 10.0 Å². The minimum atomic E-state index is -3.32. The molecule has 0 aliphatic rings. The Kier molecular flexibility index (Phi) is 5.38. The van der Waals surface area contributed by atoms with E-state index in [4.69, 9.17) is 4.74 Å².